The average molecular weight is 378 g/mol. The Morgan fingerprint density at radius 3 is 2.58 bits per heavy atom. The minimum absolute atomic E-state index is 0.114. The van der Waals surface area contributed by atoms with Crippen LogP contribution < -0.4 is 4.74 Å². The summed E-state index contributed by atoms with van der Waals surface area (Å²) >= 11 is 1.27. The third-order valence-electron chi connectivity index (χ3n) is 4.34. The maximum atomic E-state index is 12.9. The molecule has 2 heterocycles. The molecular formula is C18H19FN2O4S. The number of ether oxygens (including phenoxy) is 1. The van der Waals surface area contributed by atoms with Gasteiger partial charge in [0.05, 0.1) is 11.6 Å². The van der Waals surface area contributed by atoms with Crippen LogP contribution in [0.5, 0.6) is 5.75 Å². The summed E-state index contributed by atoms with van der Waals surface area (Å²) in [7, 11) is 0. The summed E-state index contributed by atoms with van der Waals surface area (Å²) < 4.78 is 18.5. The Labute approximate surface area is 154 Å². The van der Waals surface area contributed by atoms with E-state index < -0.39 is 5.97 Å². The molecule has 8 heteroatoms. The first-order valence-corrected chi connectivity index (χ1v) is 9.12. The van der Waals surface area contributed by atoms with Gasteiger partial charge in [-0.1, -0.05) is 0 Å². The van der Waals surface area contributed by atoms with Crippen LogP contribution in [0, 0.1) is 18.7 Å². The fraction of sp³-hybridized carbons (Fsp3) is 0.389. The number of carbonyl (C=O) groups is 2. The summed E-state index contributed by atoms with van der Waals surface area (Å²) in [5.74, 6) is -1.09. The molecule has 1 N–H and O–H groups in total. The second-order valence-corrected chi connectivity index (χ2v) is 7.25. The highest BCUT2D eigenvalue weighted by atomic mass is 32.1. The maximum Gasteiger partial charge on any atom is 0.306 e. The average Bonchev–Trinajstić information content (AvgIpc) is 3.01. The van der Waals surface area contributed by atoms with E-state index in [0.29, 0.717) is 47.3 Å². The quantitative estimate of drug-likeness (QED) is 0.865. The number of halogens is 1. The number of aliphatic carboxylic acids is 1. The van der Waals surface area contributed by atoms with Crippen molar-refractivity contribution in [2.45, 2.75) is 26.4 Å². The number of nitrogens with zero attached hydrogens (tertiary/aromatic N) is 2. The molecule has 1 aliphatic rings. The van der Waals surface area contributed by atoms with E-state index in [-0.39, 0.29) is 24.2 Å². The van der Waals surface area contributed by atoms with E-state index in [1.165, 1.54) is 35.6 Å². The molecule has 6 nitrogen and oxygen atoms in total. The van der Waals surface area contributed by atoms with Crippen molar-refractivity contribution in [3.63, 3.8) is 0 Å². The number of carboxylic acid groups (broad SMARTS) is 1. The van der Waals surface area contributed by atoms with Gasteiger partial charge in [-0.25, -0.2) is 9.37 Å². The summed E-state index contributed by atoms with van der Waals surface area (Å²) in [6.45, 7) is 2.85. The second kappa shape index (κ2) is 7.82. The number of thiazole rings is 1. The standard InChI is InChI=1S/C18H19FN2O4S/c1-11-16(17(22)21-8-6-12(7-9-21)18(23)24)26-15(20-11)10-25-14-4-2-13(19)3-5-14/h2-5,12H,6-10H2,1H3,(H,23,24). The Bertz CT molecular complexity index is 798. The van der Waals surface area contributed by atoms with Gasteiger partial charge in [0, 0.05) is 13.1 Å². The van der Waals surface area contributed by atoms with Crippen LogP contribution in [0.2, 0.25) is 0 Å². The smallest absolute Gasteiger partial charge is 0.306 e. The fourth-order valence-electron chi connectivity index (χ4n) is 2.86. The highest BCUT2D eigenvalue weighted by molar-refractivity contribution is 7.13. The third-order valence-corrected chi connectivity index (χ3v) is 5.46. The van der Waals surface area contributed by atoms with Crippen LogP contribution in [0.4, 0.5) is 4.39 Å². The zero-order valence-corrected chi connectivity index (χ0v) is 15.1. The van der Waals surface area contributed by atoms with Crippen molar-refractivity contribution in [2.75, 3.05) is 13.1 Å². The lowest BCUT2D eigenvalue weighted by molar-refractivity contribution is -0.143. The number of aryl methyl sites for hydroxylation is 1. The number of amides is 1. The van der Waals surface area contributed by atoms with Gasteiger partial charge in [-0.05, 0) is 44.0 Å². The highest BCUT2D eigenvalue weighted by Crippen LogP contribution is 2.25. The largest absolute Gasteiger partial charge is 0.486 e. The number of aromatic nitrogens is 1. The van der Waals surface area contributed by atoms with Crippen molar-refractivity contribution in [1.82, 2.24) is 9.88 Å². The highest BCUT2D eigenvalue weighted by Gasteiger charge is 2.29. The van der Waals surface area contributed by atoms with Crippen molar-refractivity contribution in [1.29, 1.82) is 0 Å². The van der Waals surface area contributed by atoms with Crippen LogP contribution in [-0.4, -0.2) is 40.0 Å². The molecule has 1 amide bonds. The van der Waals surface area contributed by atoms with Crippen molar-refractivity contribution >= 4 is 23.2 Å². The Hall–Kier alpha value is -2.48. The van der Waals surface area contributed by atoms with Crippen molar-refractivity contribution in [2.24, 2.45) is 5.92 Å². The monoisotopic (exact) mass is 378 g/mol. The molecular weight excluding hydrogens is 359 g/mol. The molecule has 0 radical (unpaired) electrons. The van der Waals surface area contributed by atoms with Gasteiger partial charge < -0.3 is 14.7 Å². The first kappa shape index (κ1) is 18.3. The number of carboxylic acids is 1. The molecule has 0 spiro atoms. The third kappa shape index (κ3) is 4.19. The number of hydrogen-bond acceptors (Lipinski definition) is 5. The second-order valence-electron chi connectivity index (χ2n) is 6.17. The molecule has 0 saturated carbocycles. The van der Waals surface area contributed by atoms with E-state index in [9.17, 15) is 14.0 Å². The molecule has 0 bridgehead atoms. The summed E-state index contributed by atoms with van der Waals surface area (Å²) in [5, 5.41) is 9.71. The predicted octanol–water partition coefficient (Wildman–Crippen LogP) is 3.11. The van der Waals surface area contributed by atoms with E-state index in [1.54, 1.807) is 11.8 Å². The zero-order chi connectivity index (χ0) is 18.7. The summed E-state index contributed by atoms with van der Waals surface area (Å²) in [6, 6.07) is 5.71. The van der Waals surface area contributed by atoms with Gasteiger partial charge in [-0.15, -0.1) is 11.3 Å². The molecule has 1 aromatic carbocycles. The van der Waals surface area contributed by atoms with Gasteiger partial charge in [0.25, 0.3) is 5.91 Å². The first-order chi connectivity index (χ1) is 12.4. The number of carbonyl (C=O) groups excluding carboxylic acids is 1. The predicted molar refractivity (Wildman–Crippen MR) is 93.8 cm³/mol. The minimum atomic E-state index is -0.800. The molecule has 1 saturated heterocycles. The van der Waals surface area contributed by atoms with Gasteiger partial charge in [-0.3, -0.25) is 9.59 Å². The molecule has 0 aliphatic carbocycles. The topological polar surface area (TPSA) is 79.7 Å². The molecule has 0 atom stereocenters. The van der Waals surface area contributed by atoms with E-state index >= 15 is 0 Å². The van der Waals surface area contributed by atoms with Gasteiger partial charge in [0.1, 0.15) is 28.1 Å². The lowest BCUT2D eigenvalue weighted by Gasteiger charge is -2.29. The van der Waals surface area contributed by atoms with Gasteiger partial charge in [0.15, 0.2) is 0 Å². The number of likely N-dealkylation sites (tertiary alicyclic amines) is 1. The Morgan fingerprint density at radius 1 is 1.31 bits per heavy atom. The Morgan fingerprint density at radius 2 is 1.96 bits per heavy atom. The molecule has 0 unspecified atom stereocenters. The molecule has 1 aliphatic heterocycles. The van der Waals surface area contributed by atoms with E-state index in [0.717, 1.165) is 0 Å². The number of rotatable bonds is 5. The molecule has 3 rings (SSSR count). The van der Waals surface area contributed by atoms with Crippen LogP contribution >= 0.6 is 11.3 Å². The Balaban J connectivity index is 1.61. The van der Waals surface area contributed by atoms with Gasteiger partial charge in [-0.2, -0.15) is 0 Å². The van der Waals surface area contributed by atoms with Crippen LogP contribution in [-0.2, 0) is 11.4 Å². The molecule has 1 fully saturated rings. The number of benzene rings is 1. The van der Waals surface area contributed by atoms with Crippen LogP contribution in [0.3, 0.4) is 0 Å². The summed E-state index contributed by atoms with van der Waals surface area (Å²) in [6.07, 6.45) is 0.943. The summed E-state index contributed by atoms with van der Waals surface area (Å²) in [4.78, 5) is 30.3. The van der Waals surface area contributed by atoms with E-state index in [2.05, 4.69) is 4.98 Å². The summed E-state index contributed by atoms with van der Waals surface area (Å²) in [5.41, 5.74) is 0.637. The molecule has 26 heavy (non-hydrogen) atoms. The van der Waals surface area contributed by atoms with Crippen LogP contribution in [0.15, 0.2) is 24.3 Å². The molecule has 2 aromatic rings. The first-order valence-electron chi connectivity index (χ1n) is 8.31. The maximum absolute atomic E-state index is 12.9. The van der Waals surface area contributed by atoms with Crippen molar-refractivity contribution < 1.29 is 23.8 Å². The SMILES string of the molecule is Cc1nc(COc2ccc(F)cc2)sc1C(=O)N1CCC(C(=O)O)CC1. The van der Waals surface area contributed by atoms with Gasteiger partial charge >= 0.3 is 5.97 Å². The minimum Gasteiger partial charge on any atom is -0.486 e. The zero-order valence-electron chi connectivity index (χ0n) is 14.3. The number of piperidine rings is 1. The van der Waals surface area contributed by atoms with Crippen LogP contribution in [0.25, 0.3) is 0 Å². The van der Waals surface area contributed by atoms with Gasteiger partial charge in [0.2, 0.25) is 0 Å². The van der Waals surface area contributed by atoms with E-state index in [4.69, 9.17) is 9.84 Å². The molecule has 1 aromatic heterocycles. The Kier molecular flexibility index (Phi) is 5.51. The fourth-order valence-corrected chi connectivity index (χ4v) is 3.81. The van der Waals surface area contributed by atoms with E-state index in [1.807, 2.05) is 0 Å². The molecule has 138 valence electrons. The normalized spacial score (nSPS) is 15.1. The lowest BCUT2D eigenvalue weighted by atomic mass is 9.97. The van der Waals surface area contributed by atoms with Crippen molar-refractivity contribution in [3.8, 4) is 5.75 Å². The van der Waals surface area contributed by atoms with Crippen molar-refractivity contribution in [3.05, 3.63) is 45.7 Å². The van der Waals surface area contributed by atoms with Crippen LogP contribution in [0.1, 0.15) is 33.2 Å². The number of hydrogen-bond donors (Lipinski definition) is 1. The lowest BCUT2D eigenvalue weighted by Crippen LogP contribution is -2.40.